The summed E-state index contributed by atoms with van der Waals surface area (Å²) in [7, 11) is 1.28. The number of hydrogen-bond acceptors (Lipinski definition) is 6. The van der Waals surface area contributed by atoms with Crippen molar-refractivity contribution in [2.24, 2.45) is 0 Å². The number of aliphatic hydroxyl groups excluding tert-OH is 1. The normalized spacial score (nSPS) is 14.1. The lowest BCUT2D eigenvalue weighted by Crippen LogP contribution is -2.45. The highest BCUT2D eigenvalue weighted by Gasteiger charge is 2.23. The maximum absolute atomic E-state index is 12.9. The fourth-order valence-corrected chi connectivity index (χ4v) is 8.94. The monoisotopic (exact) mass is 899 g/mol. The van der Waals surface area contributed by atoms with Crippen LogP contribution in [0.2, 0.25) is 0 Å². The van der Waals surface area contributed by atoms with Crippen LogP contribution in [0.1, 0.15) is 271 Å². The number of rotatable bonds is 50. The number of allylic oxidation sites excluding steroid dienone is 1. The number of nitrogens with zero attached hydrogens (tertiary/aromatic N) is 1. The summed E-state index contributed by atoms with van der Waals surface area (Å²) < 4.78 is 23.3. The molecule has 0 fully saturated rings. The molecule has 1 amide bonds. The highest BCUT2D eigenvalue weighted by Crippen LogP contribution is 2.38. The Morgan fingerprint density at radius 1 is 0.548 bits per heavy atom. The third-order valence-corrected chi connectivity index (χ3v) is 13.5. The number of quaternary nitrogens is 1. The number of carbonyl (C=O) groups is 1. The Hall–Kier alpha value is -0.760. The summed E-state index contributed by atoms with van der Waals surface area (Å²) in [5, 5.41) is 13.8. The Balaban J connectivity index is 4.14. The number of likely N-dealkylation sites (N-methyl/N-ethyl adjacent to an activating group) is 1. The molecule has 0 aromatic rings. The van der Waals surface area contributed by atoms with Crippen LogP contribution in [-0.2, 0) is 18.4 Å². The third kappa shape index (κ3) is 47.2. The quantitative estimate of drug-likeness (QED) is 0.0272. The van der Waals surface area contributed by atoms with Crippen LogP contribution in [0.25, 0.3) is 0 Å². The predicted molar refractivity (Wildman–Crippen MR) is 266 cm³/mol. The van der Waals surface area contributed by atoms with E-state index in [1.807, 2.05) is 27.2 Å². The molecule has 3 unspecified atom stereocenters. The molecule has 0 spiro atoms. The molecule has 0 rings (SSSR count). The van der Waals surface area contributed by atoms with Gasteiger partial charge in [-0.2, -0.15) is 0 Å². The van der Waals surface area contributed by atoms with Gasteiger partial charge in [0.1, 0.15) is 13.2 Å². The maximum Gasteiger partial charge on any atom is 0.268 e. The highest BCUT2D eigenvalue weighted by atomic mass is 31.2. The van der Waals surface area contributed by atoms with Gasteiger partial charge in [-0.1, -0.05) is 257 Å². The molecule has 62 heavy (non-hydrogen) atoms. The zero-order valence-electron chi connectivity index (χ0n) is 42.1. The van der Waals surface area contributed by atoms with Gasteiger partial charge in [0.05, 0.1) is 39.9 Å². The fourth-order valence-electron chi connectivity index (χ4n) is 8.21. The van der Waals surface area contributed by atoms with Gasteiger partial charge < -0.3 is 28.8 Å². The maximum atomic E-state index is 12.9. The van der Waals surface area contributed by atoms with E-state index in [1.165, 1.54) is 212 Å². The summed E-state index contributed by atoms with van der Waals surface area (Å²) in [6, 6.07) is -0.881. The zero-order valence-corrected chi connectivity index (χ0v) is 43.0. The number of aliphatic hydroxyl groups is 1. The minimum atomic E-state index is -4.59. The van der Waals surface area contributed by atoms with E-state index in [0.29, 0.717) is 17.4 Å². The number of unbranched alkanes of at least 4 members (excludes halogenated alkanes) is 37. The third-order valence-electron chi connectivity index (χ3n) is 12.5. The molecule has 2 N–H and O–H groups in total. The number of hydrogen-bond donors (Lipinski definition) is 2. The van der Waals surface area contributed by atoms with Crippen LogP contribution in [0.5, 0.6) is 0 Å². The Labute approximate surface area is 386 Å². The molecule has 0 saturated heterocycles. The first-order valence-corrected chi connectivity index (χ1v) is 28.5. The van der Waals surface area contributed by atoms with Crippen molar-refractivity contribution < 1.29 is 32.9 Å². The first-order chi connectivity index (χ1) is 30.0. The molecule has 0 saturated carbocycles. The van der Waals surface area contributed by atoms with E-state index >= 15 is 0 Å². The molecule has 9 heteroatoms. The Morgan fingerprint density at radius 2 is 0.871 bits per heavy atom. The van der Waals surface area contributed by atoms with E-state index in [2.05, 4.69) is 19.2 Å². The number of carbonyl (C=O) groups excluding carboxylic acids is 1. The van der Waals surface area contributed by atoms with Gasteiger partial charge in [0.25, 0.3) is 7.82 Å². The fraction of sp³-hybridized carbons (Fsp3) is 0.943. The van der Waals surface area contributed by atoms with E-state index in [-0.39, 0.29) is 19.1 Å². The number of phosphoric ester groups is 1. The predicted octanol–water partition coefficient (Wildman–Crippen LogP) is 15.2. The van der Waals surface area contributed by atoms with Gasteiger partial charge in [-0.15, -0.1) is 0 Å². The van der Waals surface area contributed by atoms with Crippen molar-refractivity contribution in [3.8, 4) is 0 Å². The van der Waals surface area contributed by atoms with Gasteiger partial charge in [-0.05, 0) is 19.3 Å². The number of phosphoric acid groups is 1. The second-order valence-electron chi connectivity index (χ2n) is 19.9. The first kappa shape index (κ1) is 61.2. The molecule has 8 nitrogen and oxygen atoms in total. The molecular weight excluding hydrogens is 792 g/mol. The lowest BCUT2D eigenvalue weighted by molar-refractivity contribution is -0.870. The molecule has 0 heterocycles. The summed E-state index contributed by atoms with van der Waals surface area (Å²) in [4.78, 5) is 25.4. The van der Waals surface area contributed by atoms with Crippen LogP contribution in [0.15, 0.2) is 12.2 Å². The van der Waals surface area contributed by atoms with Crippen LogP contribution in [0.4, 0.5) is 0 Å². The van der Waals surface area contributed by atoms with Gasteiger partial charge in [-0.25, -0.2) is 0 Å². The van der Waals surface area contributed by atoms with Crippen LogP contribution < -0.4 is 10.2 Å². The Morgan fingerprint density at radius 3 is 1.21 bits per heavy atom. The van der Waals surface area contributed by atoms with Crippen molar-refractivity contribution in [2.45, 2.75) is 283 Å². The van der Waals surface area contributed by atoms with Crippen LogP contribution in [0, 0.1) is 0 Å². The van der Waals surface area contributed by atoms with Crippen LogP contribution >= 0.6 is 7.82 Å². The summed E-state index contributed by atoms with van der Waals surface area (Å²) in [6.45, 7) is 4.68. The van der Waals surface area contributed by atoms with Crippen LogP contribution in [-0.4, -0.2) is 68.5 Å². The van der Waals surface area contributed by atoms with E-state index in [1.54, 1.807) is 6.08 Å². The van der Waals surface area contributed by atoms with Gasteiger partial charge in [0, 0.05) is 6.42 Å². The molecule has 3 atom stereocenters. The molecule has 0 bridgehead atoms. The average molecular weight is 899 g/mol. The van der Waals surface area contributed by atoms with Crippen molar-refractivity contribution in [2.75, 3.05) is 40.9 Å². The minimum absolute atomic E-state index is 0.00240. The van der Waals surface area contributed by atoms with Gasteiger partial charge in [0.15, 0.2) is 0 Å². The number of nitrogens with one attached hydrogen (secondary N) is 1. The second kappa shape index (κ2) is 45.4. The topological polar surface area (TPSA) is 108 Å². The first-order valence-electron chi connectivity index (χ1n) is 27.1. The molecule has 370 valence electrons. The van der Waals surface area contributed by atoms with E-state index in [9.17, 15) is 19.4 Å². The molecule has 0 aromatic heterocycles. The molecule has 0 aliphatic carbocycles. The molecular formula is C53H107N2O6P. The standard InChI is InChI=1S/C53H107N2O6P/c1-6-8-10-12-14-16-18-20-21-22-23-24-25-26-27-28-29-30-31-32-33-35-36-38-40-42-44-46-52(56)51(50-61-62(58,59)60-49-48-55(3,4)5)54-53(57)47-45-43-41-39-37-34-19-17-15-13-11-9-7-2/h44,46,51-52,56H,6-43,45,47-50H2,1-5H3,(H-,54,57,58,59)/b46-44+. The van der Waals surface area contributed by atoms with Crippen molar-refractivity contribution in [3.63, 3.8) is 0 Å². The smallest absolute Gasteiger partial charge is 0.268 e. The van der Waals surface area contributed by atoms with Crippen molar-refractivity contribution in [3.05, 3.63) is 12.2 Å². The number of amides is 1. The zero-order chi connectivity index (χ0) is 45.7. The van der Waals surface area contributed by atoms with E-state index in [0.717, 1.165) is 38.5 Å². The van der Waals surface area contributed by atoms with Crippen molar-refractivity contribution in [1.29, 1.82) is 0 Å². The van der Waals surface area contributed by atoms with Gasteiger partial charge >= 0.3 is 0 Å². The summed E-state index contributed by atoms with van der Waals surface area (Å²) >= 11 is 0. The largest absolute Gasteiger partial charge is 0.756 e. The molecule has 0 aliphatic rings. The Kier molecular flexibility index (Phi) is 44.8. The summed E-state index contributed by atoms with van der Waals surface area (Å²) in [5.41, 5.74) is 0. The van der Waals surface area contributed by atoms with Gasteiger partial charge in [0.2, 0.25) is 5.91 Å². The van der Waals surface area contributed by atoms with Crippen molar-refractivity contribution in [1.82, 2.24) is 5.32 Å². The van der Waals surface area contributed by atoms with E-state index in [4.69, 9.17) is 9.05 Å². The lowest BCUT2D eigenvalue weighted by Gasteiger charge is -2.29. The average Bonchev–Trinajstić information content (AvgIpc) is 3.23. The second-order valence-corrected chi connectivity index (χ2v) is 21.4. The lowest BCUT2D eigenvalue weighted by atomic mass is 10.0. The summed E-state index contributed by atoms with van der Waals surface area (Å²) in [6.07, 6.45) is 54.3. The highest BCUT2D eigenvalue weighted by molar-refractivity contribution is 7.45. The Bertz CT molecular complexity index is 1020. The SMILES string of the molecule is CCCCCCCCCCCCCCCCCCCCCCCCCCC/C=C/C(O)C(COP(=O)([O-])OCC[N+](C)(C)C)NC(=O)CCCCCCCCCCCCCCC. The van der Waals surface area contributed by atoms with Gasteiger partial charge in [-0.3, -0.25) is 9.36 Å². The summed E-state index contributed by atoms with van der Waals surface area (Å²) in [5.74, 6) is -0.193. The molecule has 0 aliphatic heterocycles. The molecule has 0 aromatic carbocycles. The minimum Gasteiger partial charge on any atom is -0.756 e. The van der Waals surface area contributed by atoms with E-state index < -0.39 is 20.0 Å². The molecule has 0 radical (unpaired) electrons. The van der Waals surface area contributed by atoms with Crippen molar-refractivity contribution >= 4 is 13.7 Å². The van der Waals surface area contributed by atoms with Crippen LogP contribution in [0.3, 0.4) is 0 Å².